The number of rotatable bonds is 3. The third-order valence-electron chi connectivity index (χ3n) is 2.63. The van der Waals surface area contributed by atoms with Crippen LogP contribution in [0.4, 0.5) is 5.69 Å². The number of aliphatic imine (C=N–C) groups is 1. The molecule has 0 atom stereocenters. The molecule has 0 aliphatic rings. The van der Waals surface area contributed by atoms with Gasteiger partial charge in [-0.2, -0.15) is 0 Å². The highest BCUT2D eigenvalue weighted by molar-refractivity contribution is 6.58. The molecule has 0 aliphatic carbocycles. The Kier molecular flexibility index (Phi) is 3.92. The molecular weight excluding hydrogens is 225 g/mol. The molecule has 0 spiro atoms. The highest BCUT2D eigenvalue weighted by Gasteiger charge is 2.08. The normalized spacial score (nSPS) is 10.8. The second kappa shape index (κ2) is 5.62. The van der Waals surface area contributed by atoms with Gasteiger partial charge in [0, 0.05) is 6.21 Å². The number of aryl methyl sites for hydroxylation is 1. The van der Waals surface area contributed by atoms with Gasteiger partial charge in [-0.25, -0.2) is 0 Å². The van der Waals surface area contributed by atoms with Gasteiger partial charge in [0.1, 0.15) is 0 Å². The highest BCUT2D eigenvalue weighted by atomic mass is 16.4. The predicted octanol–water partition coefficient (Wildman–Crippen LogP) is 1.43. The van der Waals surface area contributed by atoms with Gasteiger partial charge in [-0.15, -0.1) is 0 Å². The maximum atomic E-state index is 8.97. The zero-order chi connectivity index (χ0) is 13.0. The monoisotopic (exact) mass is 239 g/mol. The average Bonchev–Trinajstić information content (AvgIpc) is 2.38. The van der Waals surface area contributed by atoms with Crippen LogP contribution in [0.5, 0.6) is 0 Å². The molecule has 2 N–H and O–H groups in total. The van der Waals surface area contributed by atoms with Crippen molar-refractivity contribution in [1.82, 2.24) is 0 Å². The summed E-state index contributed by atoms with van der Waals surface area (Å²) in [4.78, 5) is 4.34. The Morgan fingerprint density at radius 2 is 1.56 bits per heavy atom. The van der Waals surface area contributed by atoms with Crippen LogP contribution < -0.4 is 5.46 Å². The Bertz CT molecular complexity index is 533. The van der Waals surface area contributed by atoms with Crippen LogP contribution in [-0.4, -0.2) is 23.4 Å². The van der Waals surface area contributed by atoms with Gasteiger partial charge < -0.3 is 10.0 Å². The molecule has 0 saturated carbocycles. The largest absolute Gasteiger partial charge is 0.488 e. The van der Waals surface area contributed by atoms with Gasteiger partial charge in [0.05, 0.1) is 5.69 Å². The molecular formula is C14H14BNO2. The Morgan fingerprint density at radius 1 is 0.944 bits per heavy atom. The van der Waals surface area contributed by atoms with Gasteiger partial charge in [-0.05, 0) is 30.1 Å². The smallest absolute Gasteiger partial charge is 0.423 e. The quantitative estimate of drug-likeness (QED) is 0.628. The molecule has 0 aliphatic heterocycles. The van der Waals surface area contributed by atoms with E-state index in [1.54, 1.807) is 30.5 Å². The maximum Gasteiger partial charge on any atom is 0.488 e. The molecule has 0 bridgehead atoms. The van der Waals surface area contributed by atoms with E-state index in [1.165, 1.54) is 5.56 Å². The van der Waals surface area contributed by atoms with Crippen LogP contribution in [0, 0.1) is 6.92 Å². The third kappa shape index (κ3) is 3.29. The first-order valence-electron chi connectivity index (χ1n) is 5.72. The van der Waals surface area contributed by atoms with Gasteiger partial charge in [0.15, 0.2) is 0 Å². The van der Waals surface area contributed by atoms with Gasteiger partial charge in [0.25, 0.3) is 0 Å². The molecule has 0 radical (unpaired) electrons. The molecule has 0 amide bonds. The van der Waals surface area contributed by atoms with Crippen molar-refractivity contribution >= 4 is 24.5 Å². The first-order valence-corrected chi connectivity index (χ1v) is 5.72. The first kappa shape index (κ1) is 12.5. The number of hydrogen-bond donors (Lipinski definition) is 2. The fourth-order valence-corrected chi connectivity index (χ4v) is 1.53. The Morgan fingerprint density at radius 3 is 2.11 bits per heavy atom. The molecule has 0 heterocycles. The van der Waals surface area contributed by atoms with E-state index in [2.05, 4.69) is 4.99 Å². The summed E-state index contributed by atoms with van der Waals surface area (Å²) in [6.45, 7) is 2.03. The standard InChI is InChI=1S/C14H14BNO2/c1-11-2-8-14(9-3-11)16-10-12-4-6-13(7-5-12)15(17)18/h2-10,17-18H,1H3/b16-10+. The molecule has 2 aromatic carbocycles. The summed E-state index contributed by atoms with van der Waals surface area (Å²) in [6, 6.07) is 14.9. The Labute approximate surface area is 107 Å². The zero-order valence-corrected chi connectivity index (χ0v) is 10.1. The molecule has 18 heavy (non-hydrogen) atoms. The van der Waals surface area contributed by atoms with E-state index in [4.69, 9.17) is 10.0 Å². The van der Waals surface area contributed by atoms with Crippen LogP contribution >= 0.6 is 0 Å². The lowest BCUT2D eigenvalue weighted by Gasteiger charge is -1.99. The maximum absolute atomic E-state index is 8.97. The van der Waals surface area contributed by atoms with Crippen molar-refractivity contribution in [1.29, 1.82) is 0 Å². The summed E-state index contributed by atoms with van der Waals surface area (Å²) in [7, 11) is -1.42. The minimum atomic E-state index is -1.42. The van der Waals surface area contributed by atoms with Gasteiger partial charge >= 0.3 is 7.12 Å². The van der Waals surface area contributed by atoms with Crippen molar-refractivity contribution in [2.24, 2.45) is 4.99 Å². The van der Waals surface area contributed by atoms with Crippen molar-refractivity contribution < 1.29 is 10.0 Å². The van der Waals surface area contributed by atoms with E-state index < -0.39 is 7.12 Å². The number of nitrogens with zero attached hydrogens (tertiary/aromatic N) is 1. The van der Waals surface area contributed by atoms with Crippen LogP contribution in [-0.2, 0) is 0 Å². The van der Waals surface area contributed by atoms with Gasteiger partial charge in [-0.3, -0.25) is 4.99 Å². The first-order chi connectivity index (χ1) is 8.65. The average molecular weight is 239 g/mol. The summed E-state index contributed by atoms with van der Waals surface area (Å²) in [6.07, 6.45) is 1.75. The van der Waals surface area contributed by atoms with Crippen LogP contribution in [0.1, 0.15) is 11.1 Å². The van der Waals surface area contributed by atoms with E-state index in [9.17, 15) is 0 Å². The molecule has 2 aromatic rings. The van der Waals surface area contributed by atoms with Crippen molar-refractivity contribution in [3.8, 4) is 0 Å². The summed E-state index contributed by atoms with van der Waals surface area (Å²) < 4.78 is 0. The number of benzene rings is 2. The molecule has 90 valence electrons. The fourth-order valence-electron chi connectivity index (χ4n) is 1.53. The van der Waals surface area contributed by atoms with Crippen molar-refractivity contribution in [3.05, 3.63) is 59.7 Å². The molecule has 4 heteroatoms. The minimum Gasteiger partial charge on any atom is -0.423 e. The van der Waals surface area contributed by atoms with Crippen molar-refractivity contribution in [2.75, 3.05) is 0 Å². The Hall–Kier alpha value is -1.91. The highest BCUT2D eigenvalue weighted by Crippen LogP contribution is 2.12. The van der Waals surface area contributed by atoms with E-state index >= 15 is 0 Å². The molecule has 0 unspecified atom stereocenters. The second-order valence-corrected chi connectivity index (χ2v) is 4.13. The molecule has 0 aromatic heterocycles. The second-order valence-electron chi connectivity index (χ2n) is 4.13. The Balaban J connectivity index is 2.11. The van der Waals surface area contributed by atoms with Crippen LogP contribution in [0.2, 0.25) is 0 Å². The van der Waals surface area contributed by atoms with Gasteiger partial charge in [0.2, 0.25) is 0 Å². The lowest BCUT2D eigenvalue weighted by atomic mass is 9.80. The van der Waals surface area contributed by atoms with Crippen LogP contribution in [0.15, 0.2) is 53.5 Å². The summed E-state index contributed by atoms with van der Waals surface area (Å²) in [5.74, 6) is 0. The summed E-state index contributed by atoms with van der Waals surface area (Å²) in [5.41, 5.74) is 3.49. The van der Waals surface area contributed by atoms with Crippen molar-refractivity contribution in [2.45, 2.75) is 6.92 Å². The summed E-state index contributed by atoms with van der Waals surface area (Å²) >= 11 is 0. The topological polar surface area (TPSA) is 52.8 Å². The van der Waals surface area contributed by atoms with E-state index in [1.807, 2.05) is 31.2 Å². The minimum absolute atomic E-state index is 0.475. The molecule has 3 nitrogen and oxygen atoms in total. The predicted molar refractivity (Wildman–Crippen MR) is 74.7 cm³/mol. The molecule has 0 saturated heterocycles. The zero-order valence-electron chi connectivity index (χ0n) is 10.1. The lowest BCUT2D eigenvalue weighted by Crippen LogP contribution is -2.29. The SMILES string of the molecule is Cc1ccc(/N=C/c2ccc(B(O)O)cc2)cc1. The van der Waals surface area contributed by atoms with Gasteiger partial charge in [-0.1, -0.05) is 42.0 Å². The number of hydrogen-bond acceptors (Lipinski definition) is 3. The van der Waals surface area contributed by atoms with E-state index in [-0.39, 0.29) is 0 Å². The molecule has 0 fully saturated rings. The lowest BCUT2D eigenvalue weighted by molar-refractivity contribution is 0.426. The van der Waals surface area contributed by atoms with Crippen LogP contribution in [0.3, 0.4) is 0 Å². The third-order valence-corrected chi connectivity index (χ3v) is 2.63. The van der Waals surface area contributed by atoms with E-state index in [0.29, 0.717) is 5.46 Å². The van der Waals surface area contributed by atoms with Crippen LogP contribution in [0.25, 0.3) is 0 Å². The molecule has 2 rings (SSSR count). The van der Waals surface area contributed by atoms with Crippen molar-refractivity contribution in [3.63, 3.8) is 0 Å². The fraction of sp³-hybridized carbons (Fsp3) is 0.0714. The van der Waals surface area contributed by atoms with E-state index in [0.717, 1.165) is 11.3 Å². The summed E-state index contributed by atoms with van der Waals surface area (Å²) in [5, 5.41) is 17.9.